The van der Waals surface area contributed by atoms with E-state index >= 15 is 0 Å². The Morgan fingerprint density at radius 3 is 2.55 bits per heavy atom. The van der Waals surface area contributed by atoms with E-state index in [9.17, 15) is 4.79 Å². The van der Waals surface area contributed by atoms with E-state index in [2.05, 4.69) is 40.4 Å². The molecule has 1 aromatic carbocycles. The van der Waals surface area contributed by atoms with Gasteiger partial charge >= 0.3 is 0 Å². The van der Waals surface area contributed by atoms with Crippen molar-refractivity contribution in [2.45, 2.75) is 64.5 Å². The van der Waals surface area contributed by atoms with Crippen LogP contribution in [0.15, 0.2) is 24.5 Å². The predicted molar refractivity (Wildman–Crippen MR) is 116 cm³/mol. The minimum absolute atomic E-state index is 0.0832. The number of nitrogens with zero attached hydrogens (tertiary/aromatic N) is 3. The summed E-state index contributed by atoms with van der Waals surface area (Å²) in [6.45, 7) is 6.23. The Labute approximate surface area is 173 Å². The number of carbonyl (C=O) groups excluding carboxylic acids is 1. The average Bonchev–Trinajstić information content (AvgIpc) is 3.19. The van der Waals surface area contributed by atoms with E-state index in [1.165, 1.54) is 38.8 Å². The molecule has 1 atom stereocenters. The molecule has 1 N–H and O–H groups in total. The van der Waals surface area contributed by atoms with Crippen molar-refractivity contribution in [2.75, 3.05) is 25.1 Å². The molecule has 0 spiro atoms. The van der Waals surface area contributed by atoms with Crippen molar-refractivity contribution in [1.29, 1.82) is 0 Å². The standard InChI is InChI=1S/C19H23N3O2.C4H9N/c1-12-4-7-17-18(22(12)13(2)23)9-8-16(19(17)24-3)14-10-20-21(11-14)15-5-6-15;1-2-4-5-3-1/h8-12,15H,4-7H2,1-3H3;5H,1-4H2/t12-;/m0./s1. The Morgan fingerprint density at radius 2 is 1.97 bits per heavy atom. The molecule has 0 radical (unpaired) electrons. The van der Waals surface area contributed by atoms with E-state index in [1.54, 1.807) is 14.0 Å². The van der Waals surface area contributed by atoms with Gasteiger partial charge in [0.15, 0.2) is 0 Å². The second kappa shape index (κ2) is 8.57. The zero-order valence-corrected chi connectivity index (χ0v) is 17.8. The Balaban J connectivity index is 0.000000359. The molecule has 1 saturated carbocycles. The van der Waals surface area contributed by atoms with Gasteiger partial charge in [-0.3, -0.25) is 9.48 Å². The molecular formula is C23H32N4O2. The molecule has 6 nitrogen and oxygen atoms in total. The highest BCUT2D eigenvalue weighted by Gasteiger charge is 2.30. The van der Waals surface area contributed by atoms with E-state index in [4.69, 9.17) is 4.74 Å². The lowest BCUT2D eigenvalue weighted by molar-refractivity contribution is -0.117. The number of fused-ring (bicyclic) bond motifs is 1. The number of nitrogens with one attached hydrogen (secondary N) is 1. The van der Waals surface area contributed by atoms with Crippen molar-refractivity contribution in [3.63, 3.8) is 0 Å². The smallest absolute Gasteiger partial charge is 0.224 e. The first-order valence-electron chi connectivity index (χ1n) is 10.8. The molecule has 1 amide bonds. The lowest BCUT2D eigenvalue weighted by Crippen LogP contribution is -2.40. The van der Waals surface area contributed by atoms with Gasteiger partial charge in [-0.1, -0.05) is 0 Å². The number of carbonyl (C=O) groups is 1. The third kappa shape index (κ3) is 4.17. The van der Waals surface area contributed by atoms with Crippen LogP contribution in [0.25, 0.3) is 11.1 Å². The van der Waals surface area contributed by atoms with Gasteiger partial charge in [-0.2, -0.15) is 5.10 Å². The molecule has 1 aromatic heterocycles. The predicted octanol–water partition coefficient (Wildman–Crippen LogP) is 3.95. The first-order valence-corrected chi connectivity index (χ1v) is 10.8. The largest absolute Gasteiger partial charge is 0.496 e. The van der Waals surface area contributed by atoms with Crippen molar-refractivity contribution in [3.05, 3.63) is 30.1 Å². The van der Waals surface area contributed by atoms with Crippen LogP contribution in [0.3, 0.4) is 0 Å². The molecule has 1 saturated heterocycles. The van der Waals surface area contributed by atoms with E-state index < -0.39 is 0 Å². The van der Waals surface area contributed by atoms with Gasteiger partial charge in [-0.05, 0) is 70.7 Å². The number of benzene rings is 1. The van der Waals surface area contributed by atoms with Crippen LogP contribution in [0.2, 0.25) is 0 Å². The third-order valence-corrected chi connectivity index (χ3v) is 6.08. The van der Waals surface area contributed by atoms with Gasteiger partial charge in [0.2, 0.25) is 5.91 Å². The number of amides is 1. The Hall–Kier alpha value is -2.34. The van der Waals surface area contributed by atoms with Crippen LogP contribution in [0.5, 0.6) is 5.75 Å². The molecule has 29 heavy (non-hydrogen) atoms. The van der Waals surface area contributed by atoms with Gasteiger partial charge in [0.25, 0.3) is 0 Å². The van der Waals surface area contributed by atoms with Crippen LogP contribution in [0, 0.1) is 0 Å². The molecule has 3 heterocycles. The first kappa shape index (κ1) is 20.0. The van der Waals surface area contributed by atoms with Crippen molar-refractivity contribution in [1.82, 2.24) is 15.1 Å². The fourth-order valence-corrected chi connectivity index (χ4v) is 4.39. The van der Waals surface area contributed by atoms with Gasteiger partial charge in [-0.15, -0.1) is 0 Å². The number of rotatable bonds is 3. The summed E-state index contributed by atoms with van der Waals surface area (Å²) in [5.74, 6) is 0.959. The summed E-state index contributed by atoms with van der Waals surface area (Å²) in [6.07, 6.45) is 11.1. The Morgan fingerprint density at radius 1 is 1.21 bits per heavy atom. The highest BCUT2D eigenvalue weighted by molar-refractivity contribution is 5.95. The van der Waals surface area contributed by atoms with E-state index in [1.807, 2.05) is 11.1 Å². The minimum atomic E-state index is 0.0832. The summed E-state index contributed by atoms with van der Waals surface area (Å²) in [5.41, 5.74) is 4.25. The maximum atomic E-state index is 12.1. The Bertz CT molecular complexity index is 860. The Kier molecular flexibility index (Phi) is 5.90. The maximum Gasteiger partial charge on any atom is 0.224 e. The second-order valence-electron chi connectivity index (χ2n) is 8.32. The lowest BCUT2D eigenvalue weighted by Gasteiger charge is -2.35. The summed E-state index contributed by atoms with van der Waals surface area (Å²) in [5, 5.41) is 7.72. The topological polar surface area (TPSA) is 59.4 Å². The van der Waals surface area contributed by atoms with E-state index in [0.717, 1.165) is 41.0 Å². The van der Waals surface area contributed by atoms with Crippen LogP contribution in [0.1, 0.15) is 57.6 Å². The van der Waals surface area contributed by atoms with Crippen molar-refractivity contribution in [2.24, 2.45) is 0 Å². The fourth-order valence-electron chi connectivity index (χ4n) is 4.39. The lowest BCUT2D eigenvalue weighted by atomic mass is 9.92. The minimum Gasteiger partial charge on any atom is -0.496 e. The number of hydrogen-bond donors (Lipinski definition) is 1. The number of anilines is 1. The zero-order valence-electron chi connectivity index (χ0n) is 17.8. The zero-order chi connectivity index (χ0) is 20.4. The molecule has 156 valence electrons. The molecule has 1 aliphatic carbocycles. The van der Waals surface area contributed by atoms with Crippen LogP contribution in [0.4, 0.5) is 5.69 Å². The highest BCUT2D eigenvalue weighted by atomic mass is 16.5. The van der Waals surface area contributed by atoms with Gasteiger partial charge in [0.1, 0.15) is 5.75 Å². The second-order valence-corrected chi connectivity index (χ2v) is 8.32. The van der Waals surface area contributed by atoms with Gasteiger partial charge in [0, 0.05) is 35.9 Å². The number of methoxy groups -OCH3 is 1. The molecule has 0 bridgehead atoms. The summed E-state index contributed by atoms with van der Waals surface area (Å²) >= 11 is 0. The number of hydrogen-bond acceptors (Lipinski definition) is 4. The van der Waals surface area contributed by atoms with Crippen LogP contribution in [-0.2, 0) is 11.2 Å². The van der Waals surface area contributed by atoms with Gasteiger partial charge in [0.05, 0.1) is 25.0 Å². The van der Waals surface area contributed by atoms with Crippen LogP contribution in [-0.4, -0.2) is 41.9 Å². The van der Waals surface area contributed by atoms with Crippen LogP contribution >= 0.6 is 0 Å². The van der Waals surface area contributed by atoms with Gasteiger partial charge in [-0.25, -0.2) is 0 Å². The quantitative estimate of drug-likeness (QED) is 0.853. The molecular weight excluding hydrogens is 364 g/mol. The normalized spacial score (nSPS) is 20.7. The van der Waals surface area contributed by atoms with Gasteiger partial charge < -0.3 is 15.0 Å². The summed E-state index contributed by atoms with van der Waals surface area (Å²) < 4.78 is 7.83. The van der Waals surface area contributed by atoms with E-state index in [-0.39, 0.29) is 11.9 Å². The maximum absolute atomic E-state index is 12.1. The monoisotopic (exact) mass is 396 g/mol. The molecule has 2 fully saturated rings. The molecule has 2 aromatic rings. The third-order valence-electron chi connectivity index (χ3n) is 6.08. The summed E-state index contributed by atoms with van der Waals surface area (Å²) in [4.78, 5) is 14.0. The fraction of sp³-hybridized carbons (Fsp3) is 0.565. The average molecular weight is 397 g/mol. The molecule has 2 aliphatic heterocycles. The number of aromatic nitrogens is 2. The molecule has 0 unspecified atom stereocenters. The highest BCUT2D eigenvalue weighted by Crippen LogP contribution is 2.43. The molecule has 3 aliphatic rings. The number of ether oxygens (including phenoxy) is 1. The SMILES string of the molecule is C1CCNC1.COc1c(-c2cnn(C3CC3)c2)ccc2c1CC[C@H](C)N2C(C)=O. The van der Waals surface area contributed by atoms with Crippen LogP contribution < -0.4 is 15.0 Å². The van der Waals surface area contributed by atoms with Crippen molar-refractivity contribution >= 4 is 11.6 Å². The first-order chi connectivity index (χ1) is 14.1. The molecule has 5 rings (SSSR count). The summed E-state index contributed by atoms with van der Waals surface area (Å²) in [7, 11) is 1.71. The van der Waals surface area contributed by atoms with Crippen molar-refractivity contribution in [3.8, 4) is 16.9 Å². The summed E-state index contributed by atoms with van der Waals surface area (Å²) in [6, 6.07) is 4.90. The molecule has 6 heteroatoms. The van der Waals surface area contributed by atoms with E-state index in [0.29, 0.717) is 6.04 Å². The van der Waals surface area contributed by atoms with Crippen molar-refractivity contribution < 1.29 is 9.53 Å².